The number of nitrogens with zero attached hydrogens (tertiary/aromatic N) is 6. The number of imidazole rings is 1. The summed E-state index contributed by atoms with van der Waals surface area (Å²) < 4.78 is 0. The number of aromatic amines is 1. The number of likely N-dealkylation sites (tertiary alicyclic amines) is 1. The number of nitrogens with one attached hydrogen (secondary N) is 1. The first-order valence-electron chi connectivity index (χ1n) is 8.28. The molecule has 3 aromatic rings. The molecular formula is C17H19N7O. The average Bonchev–Trinajstić information content (AvgIpc) is 3.31. The van der Waals surface area contributed by atoms with Crippen molar-refractivity contribution < 1.29 is 4.79 Å². The van der Waals surface area contributed by atoms with Crippen molar-refractivity contribution in [3.63, 3.8) is 0 Å². The highest BCUT2D eigenvalue weighted by atomic mass is 16.2. The number of amides is 1. The Morgan fingerprint density at radius 2 is 2.16 bits per heavy atom. The molecular weight excluding hydrogens is 318 g/mol. The number of rotatable bonds is 4. The van der Waals surface area contributed by atoms with Gasteiger partial charge in [-0.1, -0.05) is 0 Å². The highest BCUT2D eigenvalue weighted by Gasteiger charge is 2.30. The van der Waals surface area contributed by atoms with Crippen molar-refractivity contribution in [2.75, 3.05) is 25.0 Å². The normalized spacial score (nSPS) is 17.2. The van der Waals surface area contributed by atoms with Gasteiger partial charge in [0, 0.05) is 26.0 Å². The number of hydrogen-bond acceptors (Lipinski definition) is 6. The zero-order valence-electron chi connectivity index (χ0n) is 14.0. The van der Waals surface area contributed by atoms with Crippen molar-refractivity contribution in [3.8, 4) is 0 Å². The summed E-state index contributed by atoms with van der Waals surface area (Å²) in [5.41, 5.74) is 2.48. The molecule has 0 unspecified atom stereocenters. The number of aromatic nitrogens is 5. The number of carbonyl (C=O) groups excluding carboxylic acids is 1. The SMILES string of the molecule is CN(CC(=O)N1CCC[C@H]1c1ccncc1)c1ncnc2nc[nH]c12. The van der Waals surface area contributed by atoms with E-state index in [2.05, 4.69) is 24.9 Å². The predicted molar refractivity (Wildman–Crippen MR) is 92.9 cm³/mol. The quantitative estimate of drug-likeness (QED) is 0.777. The van der Waals surface area contributed by atoms with E-state index < -0.39 is 0 Å². The number of fused-ring (bicyclic) bond motifs is 1. The Morgan fingerprint density at radius 1 is 1.32 bits per heavy atom. The minimum Gasteiger partial charge on any atom is -0.348 e. The van der Waals surface area contributed by atoms with Gasteiger partial charge in [-0.3, -0.25) is 9.78 Å². The molecule has 0 radical (unpaired) electrons. The molecule has 1 aliphatic heterocycles. The second kappa shape index (κ2) is 6.46. The fraction of sp³-hybridized carbons (Fsp3) is 0.353. The Kier molecular flexibility index (Phi) is 4.01. The van der Waals surface area contributed by atoms with Crippen molar-refractivity contribution in [2.45, 2.75) is 18.9 Å². The smallest absolute Gasteiger partial charge is 0.242 e. The maximum atomic E-state index is 12.9. The van der Waals surface area contributed by atoms with Crippen LogP contribution in [0.25, 0.3) is 11.2 Å². The molecule has 8 nitrogen and oxygen atoms in total. The summed E-state index contributed by atoms with van der Waals surface area (Å²) in [6.45, 7) is 1.04. The number of hydrogen-bond donors (Lipinski definition) is 1. The molecule has 1 aliphatic rings. The van der Waals surface area contributed by atoms with Gasteiger partial charge in [0.15, 0.2) is 11.5 Å². The van der Waals surface area contributed by atoms with E-state index in [-0.39, 0.29) is 18.5 Å². The van der Waals surface area contributed by atoms with Crippen LogP contribution in [0.2, 0.25) is 0 Å². The van der Waals surface area contributed by atoms with Gasteiger partial charge in [-0.05, 0) is 30.5 Å². The Bertz CT molecular complexity index is 879. The molecule has 1 amide bonds. The number of pyridine rings is 1. The average molecular weight is 337 g/mol. The number of H-pyrrole nitrogens is 1. The van der Waals surface area contributed by atoms with Crippen LogP contribution in [0.1, 0.15) is 24.4 Å². The molecule has 0 spiro atoms. The van der Waals surface area contributed by atoms with Gasteiger partial charge in [0.2, 0.25) is 5.91 Å². The maximum Gasteiger partial charge on any atom is 0.242 e. The zero-order chi connectivity index (χ0) is 17.2. The first kappa shape index (κ1) is 15.5. The summed E-state index contributed by atoms with van der Waals surface area (Å²) in [5, 5.41) is 0. The van der Waals surface area contributed by atoms with E-state index in [1.54, 1.807) is 18.7 Å². The van der Waals surface area contributed by atoms with Gasteiger partial charge < -0.3 is 14.8 Å². The summed E-state index contributed by atoms with van der Waals surface area (Å²) in [7, 11) is 1.86. The lowest BCUT2D eigenvalue weighted by molar-refractivity contribution is -0.130. The lowest BCUT2D eigenvalue weighted by Gasteiger charge is -2.27. The molecule has 0 saturated carbocycles. The van der Waals surface area contributed by atoms with Crippen LogP contribution in [0.5, 0.6) is 0 Å². The summed E-state index contributed by atoms with van der Waals surface area (Å²) in [4.78, 5) is 36.3. The van der Waals surface area contributed by atoms with Crippen molar-refractivity contribution >= 4 is 22.9 Å². The molecule has 1 N–H and O–H groups in total. The van der Waals surface area contributed by atoms with Crippen molar-refractivity contribution in [1.82, 2.24) is 29.8 Å². The summed E-state index contributed by atoms with van der Waals surface area (Å²) >= 11 is 0. The number of carbonyl (C=O) groups is 1. The van der Waals surface area contributed by atoms with Crippen molar-refractivity contribution in [2.24, 2.45) is 0 Å². The summed E-state index contributed by atoms with van der Waals surface area (Å²) in [6.07, 6.45) is 8.60. The van der Waals surface area contributed by atoms with Crippen LogP contribution in [0.3, 0.4) is 0 Å². The van der Waals surface area contributed by atoms with Gasteiger partial charge in [-0.2, -0.15) is 0 Å². The van der Waals surface area contributed by atoms with Crippen LogP contribution in [-0.2, 0) is 4.79 Å². The van der Waals surface area contributed by atoms with Gasteiger partial charge >= 0.3 is 0 Å². The molecule has 0 aromatic carbocycles. The molecule has 128 valence electrons. The third-order valence-corrected chi connectivity index (χ3v) is 4.60. The van der Waals surface area contributed by atoms with Crippen molar-refractivity contribution in [1.29, 1.82) is 0 Å². The molecule has 25 heavy (non-hydrogen) atoms. The molecule has 0 aliphatic carbocycles. The van der Waals surface area contributed by atoms with Crippen LogP contribution in [-0.4, -0.2) is 55.9 Å². The van der Waals surface area contributed by atoms with Crippen molar-refractivity contribution in [3.05, 3.63) is 42.7 Å². The van der Waals surface area contributed by atoms with E-state index in [0.29, 0.717) is 11.5 Å². The predicted octanol–water partition coefficient (Wildman–Crippen LogP) is 1.55. The summed E-state index contributed by atoms with van der Waals surface area (Å²) in [6, 6.07) is 4.10. The van der Waals surface area contributed by atoms with Gasteiger partial charge in [0.25, 0.3) is 0 Å². The second-order valence-electron chi connectivity index (χ2n) is 6.18. The Hall–Kier alpha value is -3.03. The molecule has 1 fully saturated rings. The van der Waals surface area contributed by atoms with Gasteiger partial charge in [-0.25, -0.2) is 15.0 Å². The molecule has 3 aromatic heterocycles. The Balaban J connectivity index is 1.52. The minimum absolute atomic E-state index is 0.0908. The first-order valence-corrected chi connectivity index (χ1v) is 8.28. The fourth-order valence-corrected chi connectivity index (χ4v) is 3.41. The third-order valence-electron chi connectivity index (χ3n) is 4.60. The lowest BCUT2D eigenvalue weighted by atomic mass is 10.1. The van der Waals surface area contributed by atoms with Gasteiger partial charge in [0.1, 0.15) is 11.8 Å². The monoisotopic (exact) mass is 337 g/mol. The number of likely N-dealkylation sites (N-methyl/N-ethyl adjacent to an activating group) is 1. The van der Waals surface area contributed by atoms with Crippen LogP contribution in [0.4, 0.5) is 5.82 Å². The van der Waals surface area contributed by atoms with E-state index in [9.17, 15) is 4.79 Å². The Morgan fingerprint density at radius 3 is 3.00 bits per heavy atom. The highest BCUT2D eigenvalue weighted by molar-refractivity contribution is 5.87. The topological polar surface area (TPSA) is 90.9 Å². The van der Waals surface area contributed by atoms with Crippen LogP contribution in [0, 0.1) is 0 Å². The first-order chi connectivity index (χ1) is 12.2. The maximum absolute atomic E-state index is 12.9. The number of anilines is 1. The molecule has 0 bridgehead atoms. The highest BCUT2D eigenvalue weighted by Crippen LogP contribution is 2.31. The standard InChI is InChI=1S/C17H19N7O/c1-23(17-15-16(20-10-19-15)21-11-22-17)9-14(25)24-8-2-3-13(24)12-4-6-18-7-5-12/h4-7,10-11,13H,2-3,8-9H2,1H3,(H,19,20,21,22)/t13-/m0/s1. The van der Waals surface area contributed by atoms with Crippen LogP contribution >= 0.6 is 0 Å². The molecule has 4 heterocycles. The molecule has 1 atom stereocenters. The molecule has 1 saturated heterocycles. The third kappa shape index (κ3) is 2.90. The lowest BCUT2D eigenvalue weighted by Crippen LogP contribution is -2.39. The Labute approximate surface area is 144 Å². The summed E-state index contributed by atoms with van der Waals surface area (Å²) in [5.74, 6) is 0.767. The van der Waals surface area contributed by atoms with Crippen LogP contribution in [0.15, 0.2) is 37.2 Å². The van der Waals surface area contributed by atoms with Gasteiger partial charge in [-0.15, -0.1) is 0 Å². The largest absolute Gasteiger partial charge is 0.348 e. The van der Waals surface area contributed by atoms with E-state index in [1.165, 1.54) is 6.33 Å². The van der Waals surface area contributed by atoms with E-state index in [4.69, 9.17) is 0 Å². The minimum atomic E-state index is 0.0908. The van der Waals surface area contributed by atoms with E-state index in [1.807, 2.05) is 29.0 Å². The van der Waals surface area contributed by atoms with E-state index >= 15 is 0 Å². The van der Waals surface area contributed by atoms with E-state index in [0.717, 1.165) is 30.5 Å². The fourth-order valence-electron chi connectivity index (χ4n) is 3.41. The zero-order valence-corrected chi connectivity index (χ0v) is 14.0. The molecule has 8 heteroatoms. The second-order valence-corrected chi connectivity index (χ2v) is 6.18. The molecule has 4 rings (SSSR count). The van der Waals surface area contributed by atoms with Gasteiger partial charge in [0.05, 0.1) is 18.9 Å². The van der Waals surface area contributed by atoms with Crippen LogP contribution < -0.4 is 4.90 Å².